The van der Waals surface area contributed by atoms with E-state index in [9.17, 15) is 4.79 Å². The zero-order valence-electron chi connectivity index (χ0n) is 13.6. The number of carbonyl (C=O) groups is 1. The zero-order chi connectivity index (χ0) is 16.3. The third-order valence-electron chi connectivity index (χ3n) is 3.95. The highest BCUT2D eigenvalue weighted by molar-refractivity contribution is 6.29. The average molecular weight is 326 g/mol. The molecule has 0 unspecified atom stereocenters. The molecule has 2 atom stereocenters. The molecule has 1 aliphatic heterocycles. The molecular weight excluding hydrogens is 302 g/mol. The molecule has 1 amide bonds. The van der Waals surface area contributed by atoms with Gasteiger partial charge in [0, 0.05) is 31.4 Å². The highest BCUT2D eigenvalue weighted by Crippen LogP contribution is 2.20. The van der Waals surface area contributed by atoms with Gasteiger partial charge in [-0.15, -0.1) is 0 Å². The number of morpholine rings is 1. The third kappa shape index (κ3) is 4.41. The van der Waals surface area contributed by atoms with Crippen LogP contribution in [0, 0.1) is 0 Å². The smallest absolute Gasteiger partial charge is 0.252 e. The van der Waals surface area contributed by atoms with Crippen LogP contribution in [0.2, 0.25) is 5.15 Å². The van der Waals surface area contributed by atoms with E-state index in [1.807, 2.05) is 0 Å². The monoisotopic (exact) mass is 325 g/mol. The van der Waals surface area contributed by atoms with Crippen LogP contribution in [0.5, 0.6) is 0 Å². The quantitative estimate of drug-likeness (QED) is 0.863. The largest absolute Gasteiger partial charge is 0.373 e. The number of halogens is 1. The van der Waals surface area contributed by atoms with Gasteiger partial charge in [0.1, 0.15) is 5.15 Å². The summed E-state index contributed by atoms with van der Waals surface area (Å²) in [6.07, 6.45) is 1.90. The molecule has 1 aromatic rings. The first kappa shape index (κ1) is 17.2. The molecule has 0 spiro atoms. The number of nitrogens with one attached hydrogen (secondary N) is 1. The molecule has 0 bridgehead atoms. The Balaban J connectivity index is 1.94. The van der Waals surface area contributed by atoms with Gasteiger partial charge < -0.3 is 10.1 Å². The van der Waals surface area contributed by atoms with Crippen LogP contribution >= 0.6 is 11.6 Å². The Hall–Kier alpha value is -1.17. The van der Waals surface area contributed by atoms with Crippen molar-refractivity contribution in [2.75, 3.05) is 19.6 Å². The maximum atomic E-state index is 12.2. The van der Waals surface area contributed by atoms with Crippen LogP contribution in [0.15, 0.2) is 18.3 Å². The first-order valence-electron chi connectivity index (χ1n) is 7.58. The van der Waals surface area contributed by atoms with Crippen molar-refractivity contribution in [3.63, 3.8) is 0 Å². The SMILES string of the molecule is C[C@H]1CN(C(C)(C)CNC(=O)c2ccc(Cl)nc2)C[C@H](C)O1. The Morgan fingerprint density at radius 1 is 1.41 bits per heavy atom. The topological polar surface area (TPSA) is 54.5 Å². The summed E-state index contributed by atoms with van der Waals surface area (Å²) in [6, 6.07) is 3.30. The average Bonchev–Trinajstić information content (AvgIpc) is 2.44. The number of amides is 1. The van der Waals surface area contributed by atoms with Crippen molar-refractivity contribution in [2.24, 2.45) is 0 Å². The molecule has 22 heavy (non-hydrogen) atoms. The minimum atomic E-state index is -0.137. The number of pyridine rings is 1. The molecule has 2 heterocycles. The van der Waals surface area contributed by atoms with Crippen molar-refractivity contribution in [3.8, 4) is 0 Å². The Morgan fingerprint density at radius 2 is 2.05 bits per heavy atom. The van der Waals surface area contributed by atoms with E-state index in [0.29, 0.717) is 17.3 Å². The van der Waals surface area contributed by atoms with Crippen LogP contribution < -0.4 is 5.32 Å². The van der Waals surface area contributed by atoms with Crippen LogP contribution in [0.1, 0.15) is 38.1 Å². The van der Waals surface area contributed by atoms with Crippen molar-refractivity contribution < 1.29 is 9.53 Å². The number of ether oxygens (including phenoxy) is 1. The summed E-state index contributed by atoms with van der Waals surface area (Å²) in [7, 11) is 0. The second-order valence-electron chi connectivity index (χ2n) is 6.53. The van der Waals surface area contributed by atoms with Gasteiger partial charge >= 0.3 is 0 Å². The van der Waals surface area contributed by atoms with Gasteiger partial charge in [0.25, 0.3) is 5.91 Å². The first-order valence-corrected chi connectivity index (χ1v) is 7.96. The number of carbonyl (C=O) groups excluding carboxylic acids is 1. The predicted molar refractivity (Wildman–Crippen MR) is 87.2 cm³/mol. The number of hydrogen-bond donors (Lipinski definition) is 1. The first-order chi connectivity index (χ1) is 10.3. The van der Waals surface area contributed by atoms with Gasteiger partial charge in [0.15, 0.2) is 0 Å². The zero-order valence-corrected chi connectivity index (χ0v) is 14.4. The van der Waals surface area contributed by atoms with Gasteiger partial charge in [0.05, 0.1) is 17.8 Å². The third-order valence-corrected chi connectivity index (χ3v) is 4.17. The van der Waals surface area contributed by atoms with Gasteiger partial charge in [-0.25, -0.2) is 4.98 Å². The van der Waals surface area contributed by atoms with Gasteiger partial charge in [-0.05, 0) is 39.8 Å². The Kier molecular flexibility index (Phi) is 5.42. The van der Waals surface area contributed by atoms with Gasteiger partial charge in [-0.1, -0.05) is 11.6 Å². The molecule has 1 saturated heterocycles. The molecule has 6 heteroatoms. The van der Waals surface area contributed by atoms with E-state index in [2.05, 4.69) is 42.9 Å². The Morgan fingerprint density at radius 3 is 2.59 bits per heavy atom. The van der Waals surface area contributed by atoms with E-state index in [1.54, 1.807) is 12.1 Å². The van der Waals surface area contributed by atoms with E-state index in [0.717, 1.165) is 13.1 Å². The minimum Gasteiger partial charge on any atom is -0.373 e. The summed E-state index contributed by atoms with van der Waals surface area (Å²) in [5, 5.41) is 3.36. The molecule has 122 valence electrons. The number of hydrogen-bond acceptors (Lipinski definition) is 4. The maximum Gasteiger partial charge on any atom is 0.252 e. The summed E-state index contributed by atoms with van der Waals surface area (Å²) in [5.41, 5.74) is 0.380. The Bertz CT molecular complexity index is 509. The predicted octanol–water partition coefficient (Wildman–Crippen LogP) is 2.35. The van der Waals surface area contributed by atoms with Crippen molar-refractivity contribution in [1.82, 2.24) is 15.2 Å². The van der Waals surface area contributed by atoms with E-state index < -0.39 is 0 Å². The summed E-state index contributed by atoms with van der Waals surface area (Å²) in [4.78, 5) is 18.5. The van der Waals surface area contributed by atoms with Crippen molar-refractivity contribution in [2.45, 2.75) is 45.4 Å². The number of rotatable bonds is 4. The molecule has 0 aliphatic carbocycles. The Labute approximate surface area is 137 Å². The lowest BCUT2D eigenvalue weighted by atomic mass is 10.00. The van der Waals surface area contributed by atoms with Gasteiger partial charge in [-0.2, -0.15) is 0 Å². The minimum absolute atomic E-state index is 0.133. The summed E-state index contributed by atoms with van der Waals surface area (Å²) in [6.45, 7) is 10.7. The summed E-state index contributed by atoms with van der Waals surface area (Å²) >= 11 is 5.73. The maximum absolute atomic E-state index is 12.2. The van der Waals surface area contributed by atoms with Crippen LogP contribution in [0.25, 0.3) is 0 Å². The molecule has 5 nitrogen and oxygen atoms in total. The fraction of sp³-hybridized carbons (Fsp3) is 0.625. The molecule has 0 saturated carbocycles. The van der Waals surface area contributed by atoms with Crippen molar-refractivity contribution >= 4 is 17.5 Å². The number of nitrogens with zero attached hydrogens (tertiary/aromatic N) is 2. The van der Waals surface area contributed by atoms with Crippen LogP contribution in [0.3, 0.4) is 0 Å². The van der Waals surface area contributed by atoms with Crippen molar-refractivity contribution in [3.05, 3.63) is 29.0 Å². The second-order valence-corrected chi connectivity index (χ2v) is 6.91. The fourth-order valence-electron chi connectivity index (χ4n) is 2.69. The van der Waals surface area contributed by atoms with Gasteiger partial charge in [-0.3, -0.25) is 9.69 Å². The van der Waals surface area contributed by atoms with Crippen LogP contribution in [-0.2, 0) is 4.74 Å². The highest BCUT2D eigenvalue weighted by Gasteiger charge is 2.33. The lowest BCUT2D eigenvalue weighted by Crippen LogP contribution is -2.58. The van der Waals surface area contributed by atoms with E-state index >= 15 is 0 Å². The normalized spacial score (nSPS) is 23.3. The van der Waals surface area contributed by atoms with E-state index in [1.165, 1.54) is 6.20 Å². The molecule has 1 fully saturated rings. The van der Waals surface area contributed by atoms with Crippen LogP contribution in [0.4, 0.5) is 0 Å². The van der Waals surface area contributed by atoms with E-state index in [4.69, 9.17) is 16.3 Å². The molecule has 0 aromatic carbocycles. The number of aromatic nitrogens is 1. The highest BCUT2D eigenvalue weighted by atomic mass is 35.5. The lowest BCUT2D eigenvalue weighted by Gasteiger charge is -2.45. The molecule has 2 rings (SSSR count). The van der Waals surface area contributed by atoms with E-state index in [-0.39, 0.29) is 23.7 Å². The fourth-order valence-corrected chi connectivity index (χ4v) is 2.80. The second kappa shape index (κ2) is 6.94. The molecular formula is C16H24ClN3O2. The summed E-state index contributed by atoms with van der Waals surface area (Å²) in [5.74, 6) is -0.133. The van der Waals surface area contributed by atoms with Gasteiger partial charge in [0.2, 0.25) is 0 Å². The molecule has 1 N–H and O–H groups in total. The molecule has 0 radical (unpaired) electrons. The standard InChI is InChI=1S/C16H24ClN3O2/c1-11-8-20(9-12(2)22-11)16(3,4)10-19-15(21)13-5-6-14(17)18-7-13/h5-7,11-12H,8-10H2,1-4H3,(H,19,21)/t11-,12-/m0/s1. The van der Waals surface area contributed by atoms with Crippen molar-refractivity contribution in [1.29, 1.82) is 0 Å². The lowest BCUT2D eigenvalue weighted by molar-refractivity contribution is -0.0948. The molecule has 1 aliphatic rings. The molecule has 1 aromatic heterocycles. The van der Waals surface area contributed by atoms with Crippen LogP contribution in [-0.4, -0.2) is 53.2 Å². The summed E-state index contributed by atoms with van der Waals surface area (Å²) < 4.78 is 5.77.